The van der Waals surface area contributed by atoms with Gasteiger partial charge in [-0.3, -0.25) is 0 Å². The molecule has 3 unspecified atom stereocenters. The van der Waals surface area contributed by atoms with Gasteiger partial charge in [-0.1, -0.05) is 11.6 Å². The first kappa shape index (κ1) is 12.9. The number of halogens is 1. The molecular formula is C13H18ClNO2S. The van der Waals surface area contributed by atoms with E-state index >= 15 is 0 Å². The minimum absolute atomic E-state index is 0.0267. The van der Waals surface area contributed by atoms with Crippen LogP contribution < -0.4 is 5.73 Å². The fraction of sp³-hybridized carbons (Fsp3) is 0.692. The van der Waals surface area contributed by atoms with Gasteiger partial charge in [-0.15, -0.1) is 11.3 Å². The van der Waals surface area contributed by atoms with Gasteiger partial charge in [0.05, 0.1) is 17.2 Å². The zero-order valence-corrected chi connectivity index (χ0v) is 11.8. The Morgan fingerprint density at radius 3 is 3.06 bits per heavy atom. The van der Waals surface area contributed by atoms with E-state index in [1.807, 2.05) is 11.4 Å². The molecule has 3 atom stereocenters. The molecule has 0 saturated carbocycles. The molecular weight excluding hydrogens is 270 g/mol. The van der Waals surface area contributed by atoms with Crippen molar-refractivity contribution in [3.63, 3.8) is 0 Å². The highest BCUT2D eigenvalue weighted by molar-refractivity contribution is 7.10. The van der Waals surface area contributed by atoms with E-state index in [0.29, 0.717) is 12.5 Å². The molecule has 2 saturated heterocycles. The molecule has 3 heterocycles. The van der Waals surface area contributed by atoms with Crippen LogP contribution in [0.2, 0.25) is 5.02 Å². The van der Waals surface area contributed by atoms with Crippen molar-refractivity contribution in [3.8, 4) is 0 Å². The van der Waals surface area contributed by atoms with Crippen molar-refractivity contribution in [2.45, 2.75) is 30.9 Å². The molecule has 1 spiro atoms. The molecule has 1 aromatic heterocycles. The fourth-order valence-electron chi connectivity index (χ4n) is 2.99. The summed E-state index contributed by atoms with van der Waals surface area (Å²) in [4.78, 5) is 1.11. The van der Waals surface area contributed by atoms with E-state index in [4.69, 9.17) is 26.8 Å². The lowest BCUT2D eigenvalue weighted by molar-refractivity contribution is -0.101. The van der Waals surface area contributed by atoms with Crippen LogP contribution in [0.1, 0.15) is 30.2 Å². The number of hydrogen-bond acceptors (Lipinski definition) is 4. The largest absolute Gasteiger partial charge is 0.378 e. The minimum atomic E-state index is -0.0791. The topological polar surface area (TPSA) is 44.5 Å². The molecule has 2 aliphatic rings. The molecule has 3 rings (SSSR count). The molecule has 0 radical (unpaired) electrons. The van der Waals surface area contributed by atoms with Gasteiger partial charge in [-0.2, -0.15) is 0 Å². The van der Waals surface area contributed by atoms with Crippen LogP contribution in [0.4, 0.5) is 0 Å². The Morgan fingerprint density at radius 1 is 1.50 bits per heavy atom. The van der Waals surface area contributed by atoms with Crippen LogP contribution in [0.3, 0.4) is 0 Å². The summed E-state index contributed by atoms with van der Waals surface area (Å²) in [7, 11) is 0. The van der Waals surface area contributed by atoms with E-state index in [9.17, 15) is 0 Å². The molecule has 0 aromatic carbocycles. The molecule has 3 nitrogen and oxygen atoms in total. The van der Waals surface area contributed by atoms with Crippen molar-refractivity contribution >= 4 is 22.9 Å². The highest BCUT2D eigenvalue weighted by Crippen LogP contribution is 2.42. The van der Waals surface area contributed by atoms with Crippen molar-refractivity contribution in [3.05, 3.63) is 21.3 Å². The highest BCUT2D eigenvalue weighted by atomic mass is 35.5. The van der Waals surface area contributed by atoms with Crippen LogP contribution in [0.15, 0.2) is 11.4 Å². The third kappa shape index (κ3) is 2.32. The third-order valence-electron chi connectivity index (χ3n) is 4.05. The summed E-state index contributed by atoms with van der Waals surface area (Å²) in [6, 6.07) is 1.95. The summed E-state index contributed by atoms with van der Waals surface area (Å²) in [5, 5.41) is 2.81. The average molecular weight is 288 g/mol. The fourth-order valence-corrected chi connectivity index (χ4v) is 4.27. The molecule has 100 valence electrons. The highest BCUT2D eigenvalue weighted by Gasteiger charge is 2.42. The van der Waals surface area contributed by atoms with Crippen molar-refractivity contribution < 1.29 is 9.47 Å². The van der Waals surface area contributed by atoms with E-state index in [1.54, 1.807) is 11.3 Å². The van der Waals surface area contributed by atoms with E-state index < -0.39 is 0 Å². The molecule has 1 aromatic rings. The number of rotatable bonds is 2. The number of hydrogen-bond donors (Lipinski definition) is 1. The Morgan fingerprint density at radius 2 is 2.39 bits per heavy atom. The first-order valence-corrected chi connectivity index (χ1v) is 7.66. The van der Waals surface area contributed by atoms with Crippen molar-refractivity contribution in [2.24, 2.45) is 11.7 Å². The zero-order chi connectivity index (χ0) is 12.6. The molecule has 2 fully saturated rings. The van der Waals surface area contributed by atoms with E-state index in [0.717, 1.165) is 42.4 Å². The van der Waals surface area contributed by atoms with Crippen molar-refractivity contribution in [2.75, 3.05) is 19.8 Å². The Bertz CT molecular complexity index is 417. The second-order valence-electron chi connectivity index (χ2n) is 5.25. The standard InChI is InChI=1S/C13H18ClNO2S/c14-10-2-6-18-12(10)11(15)9-1-4-17-13(7-9)3-5-16-8-13/h2,6,9,11H,1,3-5,7-8,15H2. The van der Waals surface area contributed by atoms with E-state index in [-0.39, 0.29) is 11.6 Å². The van der Waals surface area contributed by atoms with Crippen molar-refractivity contribution in [1.29, 1.82) is 0 Å². The monoisotopic (exact) mass is 287 g/mol. The zero-order valence-electron chi connectivity index (χ0n) is 10.2. The molecule has 5 heteroatoms. The Kier molecular flexibility index (Phi) is 3.65. The summed E-state index contributed by atoms with van der Waals surface area (Å²) in [6.07, 6.45) is 2.99. The van der Waals surface area contributed by atoms with E-state index in [2.05, 4.69) is 0 Å². The predicted molar refractivity (Wildman–Crippen MR) is 73.1 cm³/mol. The van der Waals surface area contributed by atoms with Crippen LogP contribution in [0.25, 0.3) is 0 Å². The molecule has 2 N–H and O–H groups in total. The number of nitrogens with two attached hydrogens (primary N) is 1. The second-order valence-corrected chi connectivity index (χ2v) is 6.60. The molecule has 18 heavy (non-hydrogen) atoms. The maximum absolute atomic E-state index is 6.40. The Hall–Kier alpha value is -0.130. The van der Waals surface area contributed by atoms with Crippen LogP contribution in [0, 0.1) is 5.92 Å². The third-order valence-corrected chi connectivity index (χ3v) is 5.51. The Balaban J connectivity index is 1.74. The predicted octanol–water partition coefficient (Wildman–Crippen LogP) is 2.99. The second kappa shape index (κ2) is 5.10. The summed E-state index contributed by atoms with van der Waals surface area (Å²) in [6.45, 7) is 2.31. The van der Waals surface area contributed by atoms with Gasteiger partial charge in [-0.05, 0) is 30.2 Å². The normalized spacial score (nSPS) is 34.0. The smallest absolute Gasteiger partial charge is 0.0940 e. The average Bonchev–Trinajstić information content (AvgIpc) is 2.98. The van der Waals surface area contributed by atoms with Gasteiger partial charge in [0.1, 0.15) is 0 Å². The lowest BCUT2D eigenvalue weighted by Gasteiger charge is -2.39. The lowest BCUT2D eigenvalue weighted by atomic mass is 9.81. The summed E-state index contributed by atoms with van der Waals surface area (Å²) < 4.78 is 11.4. The van der Waals surface area contributed by atoms with Gasteiger partial charge in [0.2, 0.25) is 0 Å². The maximum Gasteiger partial charge on any atom is 0.0940 e. The molecule has 2 aliphatic heterocycles. The van der Waals surface area contributed by atoms with E-state index in [1.165, 1.54) is 0 Å². The molecule has 0 bridgehead atoms. The van der Waals surface area contributed by atoms with Crippen LogP contribution >= 0.6 is 22.9 Å². The van der Waals surface area contributed by atoms with Gasteiger partial charge < -0.3 is 15.2 Å². The van der Waals surface area contributed by atoms with Crippen LogP contribution in [-0.2, 0) is 9.47 Å². The van der Waals surface area contributed by atoms with Gasteiger partial charge in [0.15, 0.2) is 0 Å². The first-order chi connectivity index (χ1) is 8.70. The SMILES string of the molecule is NC(c1sccc1Cl)C1CCOC2(CCOC2)C1. The van der Waals surface area contributed by atoms with Crippen LogP contribution in [0.5, 0.6) is 0 Å². The Labute approximate surface area is 116 Å². The minimum Gasteiger partial charge on any atom is -0.378 e. The van der Waals surface area contributed by atoms with Gasteiger partial charge in [0.25, 0.3) is 0 Å². The number of ether oxygens (including phenoxy) is 2. The summed E-state index contributed by atoms with van der Waals surface area (Å²) in [5.41, 5.74) is 6.32. The quantitative estimate of drug-likeness (QED) is 0.909. The summed E-state index contributed by atoms with van der Waals surface area (Å²) >= 11 is 7.83. The van der Waals surface area contributed by atoms with Gasteiger partial charge >= 0.3 is 0 Å². The van der Waals surface area contributed by atoms with Gasteiger partial charge in [0, 0.05) is 30.6 Å². The lowest BCUT2D eigenvalue weighted by Crippen LogP contribution is -2.43. The van der Waals surface area contributed by atoms with Crippen LogP contribution in [-0.4, -0.2) is 25.4 Å². The van der Waals surface area contributed by atoms with Crippen molar-refractivity contribution in [1.82, 2.24) is 0 Å². The first-order valence-electron chi connectivity index (χ1n) is 6.40. The molecule has 0 aliphatic carbocycles. The van der Waals surface area contributed by atoms with Gasteiger partial charge in [-0.25, -0.2) is 0 Å². The maximum atomic E-state index is 6.40. The summed E-state index contributed by atoms with van der Waals surface area (Å²) in [5.74, 6) is 0.441. The molecule has 0 amide bonds. The number of thiophene rings is 1.